The number of hydrogen-bond donors (Lipinski definition) is 1. The van der Waals surface area contributed by atoms with Crippen molar-refractivity contribution >= 4 is 11.8 Å². The molecule has 0 aliphatic carbocycles. The molecule has 2 nitrogen and oxygen atoms in total. The van der Waals surface area contributed by atoms with Crippen LogP contribution in [0.1, 0.15) is 5.56 Å². The SMILES string of the molecule is Cc1cc(F)ccc1-c1ccnc(SCCO)c1. The van der Waals surface area contributed by atoms with Crippen LogP contribution in [0.3, 0.4) is 0 Å². The van der Waals surface area contributed by atoms with E-state index in [1.165, 1.54) is 23.9 Å². The van der Waals surface area contributed by atoms with Crippen LogP contribution < -0.4 is 0 Å². The first-order valence-electron chi connectivity index (χ1n) is 5.67. The summed E-state index contributed by atoms with van der Waals surface area (Å²) in [6.07, 6.45) is 1.73. The summed E-state index contributed by atoms with van der Waals surface area (Å²) in [5, 5.41) is 9.66. The summed E-state index contributed by atoms with van der Waals surface area (Å²) >= 11 is 1.50. The van der Waals surface area contributed by atoms with Gasteiger partial charge in [-0.3, -0.25) is 0 Å². The van der Waals surface area contributed by atoms with Gasteiger partial charge in [-0.05, 0) is 47.9 Å². The molecule has 1 aromatic carbocycles. The molecule has 0 atom stereocenters. The number of thioether (sulfide) groups is 1. The van der Waals surface area contributed by atoms with Crippen LogP contribution in [0.15, 0.2) is 41.6 Å². The summed E-state index contributed by atoms with van der Waals surface area (Å²) in [5.41, 5.74) is 2.92. The molecule has 0 saturated carbocycles. The Morgan fingerprint density at radius 1 is 1.28 bits per heavy atom. The van der Waals surface area contributed by atoms with Crippen molar-refractivity contribution in [1.82, 2.24) is 4.98 Å². The van der Waals surface area contributed by atoms with Gasteiger partial charge in [0.15, 0.2) is 0 Å². The fourth-order valence-electron chi connectivity index (χ4n) is 1.76. The van der Waals surface area contributed by atoms with Gasteiger partial charge in [0.25, 0.3) is 0 Å². The Hall–Kier alpha value is -1.39. The summed E-state index contributed by atoms with van der Waals surface area (Å²) in [4.78, 5) is 4.23. The summed E-state index contributed by atoms with van der Waals surface area (Å²) < 4.78 is 13.1. The Balaban J connectivity index is 2.32. The highest BCUT2D eigenvalue weighted by atomic mass is 32.2. The van der Waals surface area contributed by atoms with Gasteiger partial charge in [0.1, 0.15) is 5.82 Å². The molecule has 0 fully saturated rings. The highest BCUT2D eigenvalue weighted by Gasteiger charge is 2.05. The van der Waals surface area contributed by atoms with E-state index in [4.69, 9.17) is 5.11 Å². The topological polar surface area (TPSA) is 33.1 Å². The van der Waals surface area contributed by atoms with Gasteiger partial charge < -0.3 is 5.11 Å². The highest BCUT2D eigenvalue weighted by molar-refractivity contribution is 7.99. The lowest BCUT2D eigenvalue weighted by Gasteiger charge is -2.07. The van der Waals surface area contributed by atoms with E-state index >= 15 is 0 Å². The quantitative estimate of drug-likeness (QED) is 0.859. The molecular formula is C14H14FNOS. The molecule has 0 spiro atoms. The average Bonchev–Trinajstić information content (AvgIpc) is 2.36. The van der Waals surface area contributed by atoms with Crippen LogP contribution in [-0.2, 0) is 0 Å². The predicted molar refractivity (Wildman–Crippen MR) is 72.2 cm³/mol. The number of pyridine rings is 1. The van der Waals surface area contributed by atoms with Gasteiger partial charge >= 0.3 is 0 Å². The van der Waals surface area contributed by atoms with Crippen LogP contribution in [0.2, 0.25) is 0 Å². The maximum absolute atomic E-state index is 13.1. The third-order valence-corrected chi connectivity index (χ3v) is 3.48. The van der Waals surface area contributed by atoms with E-state index in [1.54, 1.807) is 12.3 Å². The molecule has 94 valence electrons. The maximum Gasteiger partial charge on any atom is 0.123 e. The molecule has 0 amide bonds. The lowest BCUT2D eigenvalue weighted by molar-refractivity contribution is 0.322. The Morgan fingerprint density at radius 3 is 2.83 bits per heavy atom. The van der Waals surface area contributed by atoms with Crippen LogP contribution in [0, 0.1) is 12.7 Å². The number of aromatic nitrogens is 1. The van der Waals surface area contributed by atoms with Crippen molar-refractivity contribution in [3.8, 4) is 11.1 Å². The van der Waals surface area contributed by atoms with Crippen molar-refractivity contribution in [2.75, 3.05) is 12.4 Å². The molecule has 2 rings (SSSR count). The molecule has 0 aliphatic heterocycles. The Bertz CT molecular complexity index is 545. The normalized spacial score (nSPS) is 10.6. The minimum absolute atomic E-state index is 0.131. The molecule has 2 aromatic rings. The fraction of sp³-hybridized carbons (Fsp3) is 0.214. The van der Waals surface area contributed by atoms with E-state index in [2.05, 4.69) is 4.98 Å². The Morgan fingerprint density at radius 2 is 2.11 bits per heavy atom. The van der Waals surface area contributed by atoms with E-state index < -0.39 is 0 Å². The zero-order valence-electron chi connectivity index (χ0n) is 10.1. The molecule has 0 bridgehead atoms. The van der Waals surface area contributed by atoms with E-state index in [0.29, 0.717) is 5.75 Å². The number of aliphatic hydroxyl groups excluding tert-OH is 1. The van der Waals surface area contributed by atoms with Gasteiger partial charge in [0, 0.05) is 11.9 Å². The summed E-state index contributed by atoms with van der Waals surface area (Å²) in [7, 11) is 0. The molecule has 1 N–H and O–H groups in total. The molecule has 18 heavy (non-hydrogen) atoms. The number of rotatable bonds is 4. The standard InChI is InChI=1S/C14H14FNOS/c1-10-8-12(15)2-3-13(10)11-4-5-16-14(9-11)18-7-6-17/h2-5,8-9,17H,6-7H2,1H3. The number of aliphatic hydroxyl groups is 1. The number of hydrogen-bond acceptors (Lipinski definition) is 3. The zero-order chi connectivity index (χ0) is 13.0. The van der Waals surface area contributed by atoms with Gasteiger partial charge in [0.05, 0.1) is 11.6 Å². The second kappa shape index (κ2) is 5.98. The fourth-order valence-corrected chi connectivity index (χ4v) is 2.40. The monoisotopic (exact) mass is 263 g/mol. The smallest absolute Gasteiger partial charge is 0.123 e. The molecule has 0 unspecified atom stereocenters. The number of aryl methyl sites for hydroxylation is 1. The minimum Gasteiger partial charge on any atom is -0.396 e. The largest absolute Gasteiger partial charge is 0.396 e. The van der Waals surface area contributed by atoms with Crippen molar-refractivity contribution in [2.24, 2.45) is 0 Å². The Kier molecular flexibility index (Phi) is 4.33. The van der Waals surface area contributed by atoms with Crippen molar-refractivity contribution in [3.05, 3.63) is 47.9 Å². The second-order valence-corrected chi connectivity index (χ2v) is 5.03. The van der Waals surface area contributed by atoms with Gasteiger partial charge in [-0.2, -0.15) is 0 Å². The van der Waals surface area contributed by atoms with Crippen molar-refractivity contribution in [3.63, 3.8) is 0 Å². The lowest BCUT2D eigenvalue weighted by Crippen LogP contribution is -1.90. The zero-order valence-corrected chi connectivity index (χ0v) is 10.9. The number of benzene rings is 1. The number of nitrogens with zero attached hydrogens (tertiary/aromatic N) is 1. The van der Waals surface area contributed by atoms with Gasteiger partial charge in [-0.1, -0.05) is 6.07 Å². The highest BCUT2D eigenvalue weighted by Crippen LogP contribution is 2.26. The van der Waals surface area contributed by atoms with Gasteiger partial charge in [0.2, 0.25) is 0 Å². The van der Waals surface area contributed by atoms with Crippen molar-refractivity contribution in [2.45, 2.75) is 11.9 Å². The molecule has 1 heterocycles. The third kappa shape index (κ3) is 3.09. The summed E-state index contributed by atoms with van der Waals surface area (Å²) in [6.45, 7) is 2.02. The lowest BCUT2D eigenvalue weighted by atomic mass is 10.0. The number of halogens is 1. The molecular weight excluding hydrogens is 249 g/mol. The molecule has 4 heteroatoms. The van der Waals surface area contributed by atoms with Gasteiger partial charge in [-0.15, -0.1) is 11.8 Å². The van der Waals surface area contributed by atoms with Crippen molar-refractivity contribution < 1.29 is 9.50 Å². The molecule has 0 aliphatic rings. The van der Waals surface area contributed by atoms with E-state index in [-0.39, 0.29) is 12.4 Å². The molecule has 0 saturated heterocycles. The maximum atomic E-state index is 13.1. The Labute approximate surface area is 110 Å². The second-order valence-electron chi connectivity index (χ2n) is 3.91. The van der Waals surface area contributed by atoms with E-state index in [0.717, 1.165) is 21.7 Å². The minimum atomic E-state index is -0.222. The van der Waals surface area contributed by atoms with Crippen LogP contribution >= 0.6 is 11.8 Å². The first-order chi connectivity index (χ1) is 8.70. The molecule has 0 radical (unpaired) electrons. The van der Waals surface area contributed by atoms with Gasteiger partial charge in [-0.25, -0.2) is 9.37 Å². The first kappa shape index (κ1) is 13.1. The van der Waals surface area contributed by atoms with Crippen LogP contribution in [-0.4, -0.2) is 22.5 Å². The van der Waals surface area contributed by atoms with Crippen LogP contribution in [0.25, 0.3) is 11.1 Å². The molecule has 1 aromatic heterocycles. The summed E-state index contributed by atoms with van der Waals surface area (Å²) in [6, 6.07) is 8.63. The summed E-state index contributed by atoms with van der Waals surface area (Å²) in [5.74, 6) is 0.402. The van der Waals surface area contributed by atoms with E-state index in [1.807, 2.05) is 19.1 Å². The third-order valence-electron chi connectivity index (χ3n) is 2.58. The predicted octanol–water partition coefficient (Wildman–Crippen LogP) is 3.28. The van der Waals surface area contributed by atoms with Crippen LogP contribution in [0.4, 0.5) is 4.39 Å². The first-order valence-corrected chi connectivity index (χ1v) is 6.65. The van der Waals surface area contributed by atoms with E-state index in [9.17, 15) is 4.39 Å². The average molecular weight is 263 g/mol. The van der Waals surface area contributed by atoms with Crippen molar-refractivity contribution in [1.29, 1.82) is 0 Å². The van der Waals surface area contributed by atoms with Crippen LogP contribution in [0.5, 0.6) is 0 Å².